The van der Waals surface area contributed by atoms with Crippen LogP contribution in [0, 0.1) is 0 Å². The zero-order valence-corrected chi connectivity index (χ0v) is 14.6. The van der Waals surface area contributed by atoms with Crippen molar-refractivity contribution in [3.8, 4) is 0 Å². The molecule has 1 atom stereocenters. The highest BCUT2D eigenvalue weighted by molar-refractivity contribution is 8.15. The maximum Gasteiger partial charge on any atom is 0.239 e. The average Bonchev–Trinajstić information content (AvgIpc) is 2.93. The first-order valence-corrected chi connectivity index (χ1v) is 8.77. The molecule has 0 spiro atoms. The molecule has 0 aliphatic carbocycles. The topological polar surface area (TPSA) is 53.8 Å². The largest absolute Gasteiger partial charge is 0.303 e. The second-order valence-electron chi connectivity index (χ2n) is 5.39. The van der Waals surface area contributed by atoms with E-state index in [4.69, 9.17) is 11.6 Å². The lowest BCUT2D eigenvalue weighted by Crippen LogP contribution is -2.25. The predicted molar refractivity (Wildman–Crippen MR) is 101 cm³/mol. The van der Waals surface area contributed by atoms with Gasteiger partial charge in [-0.15, -0.1) is 5.10 Å². The smallest absolute Gasteiger partial charge is 0.239 e. The molecule has 3 rings (SSSR count). The van der Waals surface area contributed by atoms with Crippen molar-refractivity contribution in [1.82, 2.24) is 5.32 Å². The van der Waals surface area contributed by atoms with Crippen LogP contribution in [0.1, 0.15) is 18.1 Å². The van der Waals surface area contributed by atoms with Crippen LogP contribution in [0.3, 0.4) is 0 Å². The van der Waals surface area contributed by atoms with Crippen LogP contribution in [-0.2, 0) is 11.2 Å². The number of carbonyl (C=O) groups is 1. The number of amides is 1. The van der Waals surface area contributed by atoms with Crippen LogP contribution < -0.4 is 5.32 Å². The maximum absolute atomic E-state index is 12.1. The van der Waals surface area contributed by atoms with Gasteiger partial charge < -0.3 is 5.32 Å². The summed E-state index contributed by atoms with van der Waals surface area (Å²) >= 11 is 7.39. The average molecular weight is 358 g/mol. The molecule has 2 aromatic rings. The highest BCUT2D eigenvalue weighted by Gasteiger charge is 2.30. The zero-order valence-electron chi connectivity index (χ0n) is 13.1. The third-order valence-corrected chi connectivity index (χ3v) is 4.88. The lowest BCUT2D eigenvalue weighted by Gasteiger charge is -2.05. The lowest BCUT2D eigenvalue weighted by molar-refractivity contribution is -0.118. The molecular weight excluding hydrogens is 342 g/mol. The number of nitrogens with one attached hydrogen (secondary N) is 1. The number of hydrogen-bond acceptors (Lipinski definition) is 4. The first-order valence-electron chi connectivity index (χ1n) is 7.51. The maximum atomic E-state index is 12.1. The molecule has 0 saturated carbocycles. The molecule has 24 heavy (non-hydrogen) atoms. The Morgan fingerprint density at radius 1 is 1.21 bits per heavy atom. The number of thioether (sulfide) groups is 1. The second-order valence-corrected chi connectivity index (χ2v) is 7.01. The Morgan fingerprint density at radius 2 is 2.00 bits per heavy atom. The van der Waals surface area contributed by atoms with Crippen LogP contribution in [0.15, 0.2) is 64.8 Å². The van der Waals surface area contributed by atoms with Gasteiger partial charge in [-0.05, 0) is 36.6 Å². The summed E-state index contributed by atoms with van der Waals surface area (Å²) in [5.41, 5.74) is 2.84. The minimum absolute atomic E-state index is 0.0497. The van der Waals surface area contributed by atoms with Crippen molar-refractivity contribution >= 4 is 40.1 Å². The van der Waals surface area contributed by atoms with Crippen molar-refractivity contribution in [3.63, 3.8) is 0 Å². The van der Waals surface area contributed by atoms with Crippen LogP contribution in [-0.4, -0.2) is 22.0 Å². The number of halogens is 1. The highest BCUT2D eigenvalue weighted by Crippen LogP contribution is 2.24. The Bertz CT molecular complexity index is 805. The summed E-state index contributed by atoms with van der Waals surface area (Å²) in [6, 6.07) is 17.4. The quantitative estimate of drug-likeness (QED) is 0.666. The molecule has 1 saturated heterocycles. The van der Waals surface area contributed by atoms with E-state index in [1.54, 1.807) is 0 Å². The van der Waals surface area contributed by atoms with Gasteiger partial charge in [0.05, 0.1) is 11.0 Å². The van der Waals surface area contributed by atoms with Crippen molar-refractivity contribution in [3.05, 3.63) is 70.7 Å². The molecule has 122 valence electrons. The van der Waals surface area contributed by atoms with Gasteiger partial charge in [-0.3, -0.25) is 4.79 Å². The van der Waals surface area contributed by atoms with Gasteiger partial charge in [-0.2, -0.15) is 5.10 Å². The number of carbonyl (C=O) groups excluding carboxylic acids is 1. The van der Waals surface area contributed by atoms with Gasteiger partial charge in [0.15, 0.2) is 5.17 Å². The molecule has 1 unspecified atom stereocenters. The number of benzene rings is 2. The van der Waals surface area contributed by atoms with E-state index < -0.39 is 0 Å². The Labute approximate surface area is 150 Å². The summed E-state index contributed by atoms with van der Waals surface area (Å²) in [6.07, 6.45) is 0.609. The van der Waals surface area contributed by atoms with Gasteiger partial charge in [0.1, 0.15) is 0 Å². The van der Waals surface area contributed by atoms with E-state index in [0.717, 1.165) is 16.8 Å². The summed E-state index contributed by atoms with van der Waals surface area (Å²) in [6.45, 7) is 1.89. The Hall–Kier alpha value is -2.11. The molecule has 1 aliphatic heterocycles. The van der Waals surface area contributed by atoms with Crippen LogP contribution in [0.25, 0.3) is 0 Å². The number of nitrogens with zero attached hydrogens (tertiary/aromatic N) is 2. The van der Waals surface area contributed by atoms with E-state index in [1.807, 2.05) is 61.5 Å². The minimum Gasteiger partial charge on any atom is -0.303 e. The Kier molecular flexibility index (Phi) is 5.33. The molecule has 0 bridgehead atoms. The van der Waals surface area contributed by atoms with Crippen molar-refractivity contribution in [1.29, 1.82) is 0 Å². The number of hydrogen-bond donors (Lipinski definition) is 1. The van der Waals surface area contributed by atoms with E-state index in [0.29, 0.717) is 16.6 Å². The van der Waals surface area contributed by atoms with Gasteiger partial charge >= 0.3 is 0 Å². The molecular formula is C18H16ClN3OS. The summed E-state index contributed by atoms with van der Waals surface area (Å²) in [7, 11) is 0. The van der Waals surface area contributed by atoms with Gasteiger partial charge in [0.2, 0.25) is 5.91 Å². The van der Waals surface area contributed by atoms with Gasteiger partial charge in [0.25, 0.3) is 0 Å². The van der Waals surface area contributed by atoms with E-state index in [-0.39, 0.29) is 11.2 Å². The lowest BCUT2D eigenvalue weighted by atomic mass is 10.1. The number of amidine groups is 1. The molecule has 0 radical (unpaired) electrons. The molecule has 1 aliphatic rings. The van der Waals surface area contributed by atoms with Crippen molar-refractivity contribution in [2.24, 2.45) is 10.2 Å². The van der Waals surface area contributed by atoms with Crippen molar-refractivity contribution < 1.29 is 4.79 Å². The Balaban J connectivity index is 1.68. The predicted octanol–water partition coefficient (Wildman–Crippen LogP) is 3.89. The standard InChI is InChI=1S/C18H16ClN3OS/c1-12(14-7-3-2-4-8-14)21-22-18-20-17(23)16(24-18)11-13-6-5-9-15(19)10-13/h2-10,16H,11H2,1H3,(H,20,22,23)/b21-12+. The Morgan fingerprint density at radius 3 is 2.75 bits per heavy atom. The van der Waals surface area contributed by atoms with E-state index in [2.05, 4.69) is 15.5 Å². The van der Waals surface area contributed by atoms with Gasteiger partial charge in [-0.1, -0.05) is 65.8 Å². The molecule has 1 N–H and O–H groups in total. The van der Waals surface area contributed by atoms with E-state index in [1.165, 1.54) is 11.8 Å². The molecule has 1 fully saturated rings. The molecule has 1 heterocycles. The summed E-state index contributed by atoms with van der Waals surface area (Å²) < 4.78 is 0. The second kappa shape index (κ2) is 7.64. The SMILES string of the molecule is C/C(=N\N=C1/NC(=O)C(Cc2cccc(Cl)c2)S1)c1ccccc1. The van der Waals surface area contributed by atoms with Crippen molar-refractivity contribution in [2.45, 2.75) is 18.6 Å². The first kappa shape index (κ1) is 16.7. The summed E-state index contributed by atoms with van der Waals surface area (Å²) in [4.78, 5) is 12.1. The number of rotatable bonds is 4. The fourth-order valence-corrected chi connectivity index (χ4v) is 3.49. The zero-order chi connectivity index (χ0) is 16.9. The molecule has 6 heteroatoms. The van der Waals surface area contributed by atoms with E-state index >= 15 is 0 Å². The van der Waals surface area contributed by atoms with Crippen LogP contribution >= 0.6 is 23.4 Å². The van der Waals surface area contributed by atoms with Crippen LogP contribution in [0.2, 0.25) is 5.02 Å². The molecule has 0 aromatic heterocycles. The minimum atomic E-state index is -0.213. The fourth-order valence-electron chi connectivity index (χ4n) is 2.32. The molecule has 2 aromatic carbocycles. The van der Waals surface area contributed by atoms with E-state index in [9.17, 15) is 4.79 Å². The third kappa shape index (κ3) is 4.24. The summed E-state index contributed by atoms with van der Waals surface area (Å²) in [5, 5.41) is 12.2. The normalized spacial score (nSPS) is 19.6. The third-order valence-electron chi connectivity index (χ3n) is 3.57. The van der Waals surface area contributed by atoms with Crippen LogP contribution in [0.4, 0.5) is 0 Å². The fraction of sp³-hybridized carbons (Fsp3) is 0.167. The first-order chi connectivity index (χ1) is 11.6. The highest BCUT2D eigenvalue weighted by atomic mass is 35.5. The monoisotopic (exact) mass is 357 g/mol. The van der Waals surface area contributed by atoms with Crippen LogP contribution in [0.5, 0.6) is 0 Å². The van der Waals surface area contributed by atoms with Gasteiger partial charge in [-0.25, -0.2) is 0 Å². The van der Waals surface area contributed by atoms with Gasteiger partial charge in [0, 0.05) is 5.02 Å². The molecule has 4 nitrogen and oxygen atoms in total. The van der Waals surface area contributed by atoms with Crippen molar-refractivity contribution in [2.75, 3.05) is 0 Å². The summed E-state index contributed by atoms with van der Waals surface area (Å²) in [5.74, 6) is -0.0497. The molecule has 1 amide bonds.